The topological polar surface area (TPSA) is 70.9 Å². The average molecular weight is 401 g/mol. The molecule has 0 aliphatic carbocycles. The number of nitrogens with one attached hydrogen (secondary N) is 2. The zero-order chi connectivity index (χ0) is 17.9. The van der Waals surface area contributed by atoms with Gasteiger partial charge < -0.3 is 10.2 Å². The zero-order valence-corrected chi connectivity index (χ0v) is 16.4. The molecule has 136 valence electrons. The number of hydrogen-bond acceptors (Lipinski definition) is 5. The van der Waals surface area contributed by atoms with Gasteiger partial charge in [0.2, 0.25) is 0 Å². The van der Waals surface area contributed by atoms with Crippen molar-refractivity contribution in [1.82, 2.24) is 9.62 Å². The van der Waals surface area contributed by atoms with E-state index in [4.69, 9.17) is 0 Å². The van der Waals surface area contributed by atoms with E-state index in [0.717, 1.165) is 9.78 Å². The molecule has 1 fully saturated rings. The number of hydrogen-bond donors (Lipinski definition) is 2. The van der Waals surface area contributed by atoms with Gasteiger partial charge in [-0.15, -0.1) is 22.7 Å². The van der Waals surface area contributed by atoms with Gasteiger partial charge in [-0.05, 0) is 29.8 Å². The maximum atomic E-state index is 12.5. The van der Waals surface area contributed by atoms with E-state index in [1.807, 2.05) is 24.4 Å². The zero-order valence-electron chi connectivity index (χ0n) is 14.0. The minimum absolute atomic E-state index is 0.00506. The Morgan fingerprint density at radius 1 is 1.24 bits per heavy atom. The summed E-state index contributed by atoms with van der Waals surface area (Å²) in [5.74, 6) is 0.00506. The maximum Gasteiger partial charge on any atom is 0.275 e. The smallest absolute Gasteiger partial charge is 0.275 e. The molecule has 0 saturated carbocycles. The highest BCUT2D eigenvalue weighted by Gasteiger charge is 2.31. The van der Waals surface area contributed by atoms with Gasteiger partial charge in [-0.1, -0.05) is 12.1 Å². The molecule has 1 aliphatic rings. The molecule has 0 spiro atoms. The van der Waals surface area contributed by atoms with Crippen molar-refractivity contribution < 1.29 is 18.1 Å². The van der Waals surface area contributed by atoms with Crippen molar-refractivity contribution in [1.29, 1.82) is 0 Å². The van der Waals surface area contributed by atoms with Gasteiger partial charge in [0.15, 0.2) is 6.54 Å². The molecule has 2 aromatic rings. The summed E-state index contributed by atoms with van der Waals surface area (Å²) in [6.45, 7) is 4.54. The minimum Gasteiger partial charge on any atom is -0.344 e. The third-order valence-corrected chi connectivity index (χ3v) is 8.60. The first-order chi connectivity index (χ1) is 12.0. The van der Waals surface area contributed by atoms with Crippen LogP contribution in [0, 0.1) is 0 Å². The van der Waals surface area contributed by atoms with Crippen LogP contribution in [0.5, 0.6) is 0 Å². The van der Waals surface area contributed by atoms with Gasteiger partial charge >= 0.3 is 0 Å². The van der Waals surface area contributed by atoms with Crippen LogP contribution in [0.1, 0.15) is 17.8 Å². The number of amides is 1. The van der Waals surface area contributed by atoms with Crippen LogP contribution in [0.15, 0.2) is 39.2 Å². The van der Waals surface area contributed by atoms with Crippen LogP contribution >= 0.6 is 22.7 Å². The van der Waals surface area contributed by atoms with E-state index in [2.05, 4.69) is 5.32 Å². The Balaban J connectivity index is 1.48. The third-order valence-electron chi connectivity index (χ3n) is 4.28. The molecular weight excluding hydrogens is 378 g/mol. The Morgan fingerprint density at radius 2 is 1.92 bits per heavy atom. The fourth-order valence-electron chi connectivity index (χ4n) is 2.89. The van der Waals surface area contributed by atoms with E-state index in [-0.39, 0.29) is 11.9 Å². The Labute approximate surface area is 156 Å². The second-order valence-corrected chi connectivity index (χ2v) is 10.2. The van der Waals surface area contributed by atoms with E-state index < -0.39 is 10.0 Å². The summed E-state index contributed by atoms with van der Waals surface area (Å²) < 4.78 is 26.9. The third kappa shape index (κ3) is 4.48. The van der Waals surface area contributed by atoms with Gasteiger partial charge in [0.05, 0.1) is 32.2 Å². The summed E-state index contributed by atoms with van der Waals surface area (Å²) >= 11 is 2.87. The molecule has 1 atom stereocenters. The highest BCUT2D eigenvalue weighted by atomic mass is 32.2. The van der Waals surface area contributed by atoms with Crippen molar-refractivity contribution >= 4 is 38.6 Å². The summed E-state index contributed by atoms with van der Waals surface area (Å²) in [7, 11) is -3.38. The summed E-state index contributed by atoms with van der Waals surface area (Å²) in [6.07, 6.45) is 0. The van der Waals surface area contributed by atoms with Gasteiger partial charge in [-0.25, -0.2) is 8.42 Å². The molecule has 0 bridgehead atoms. The second kappa shape index (κ2) is 7.96. The lowest BCUT2D eigenvalue weighted by Crippen LogP contribution is -3.15. The maximum absolute atomic E-state index is 12.5. The molecule has 3 heterocycles. The van der Waals surface area contributed by atoms with E-state index in [9.17, 15) is 13.2 Å². The van der Waals surface area contributed by atoms with E-state index in [1.165, 1.54) is 15.6 Å². The molecule has 6 nitrogen and oxygen atoms in total. The van der Waals surface area contributed by atoms with Crippen molar-refractivity contribution in [2.75, 3.05) is 32.7 Å². The molecule has 9 heteroatoms. The Kier molecular flexibility index (Phi) is 5.90. The Hall–Kier alpha value is -1.26. The fraction of sp³-hybridized carbons (Fsp3) is 0.438. The van der Waals surface area contributed by atoms with Crippen LogP contribution < -0.4 is 10.2 Å². The van der Waals surface area contributed by atoms with Gasteiger partial charge in [-0.3, -0.25) is 4.79 Å². The highest BCUT2D eigenvalue weighted by molar-refractivity contribution is 7.91. The molecular formula is C16H22N3O3S3+. The van der Waals surface area contributed by atoms with Crippen molar-refractivity contribution in [3.05, 3.63) is 39.9 Å². The SMILES string of the molecule is C[C@@H](NC(=O)C[NH+]1CCN(S(=O)(=O)c2cccs2)CC1)c1cccs1. The molecule has 0 aromatic carbocycles. The number of piperazine rings is 1. The highest BCUT2D eigenvalue weighted by Crippen LogP contribution is 2.20. The van der Waals surface area contributed by atoms with Crippen molar-refractivity contribution in [2.45, 2.75) is 17.2 Å². The standard InChI is InChI=1S/C16H21N3O3S3/c1-13(14-4-2-10-23-14)17-15(20)12-18-6-8-19(9-7-18)25(21,22)16-5-3-11-24-16/h2-5,10-11,13H,6-9,12H2,1H3,(H,17,20)/p+1/t13-/m1/s1. The minimum atomic E-state index is -3.38. The number of quaternary nitrogens is 1. The first-order valence-corrected chi connectivity index (χ1v) is 11.4. The lowest BCUT2D eigenvalue weighted by molar-refractivity contribution is -0.895. The summed E-state index contributed by atoms with van der Waals surface area (Å²) in [5.41, 5.74) is 0. The van der Waals surface area contributed by atoms with Crippen LogP contribution in [0.25, 0.3) is 0 Å². The lowest BCUT2D eigenvalue weighted by Gasteiger charge is -2.31. The Bertz CT molecular complexity index is 780. The van der Waals surface area contributed by atoms with Gasteiger partial charge in [0.1, 0.15) is 4.21 Å². The van der Waals surface area contributed by atoms with Crippen LogP contribution in [0.3, 0.4) is 0 Å². The van der Waals surface area contributed by atoms with Crippen molar-refractivity contribution in [3.8, 4) is 0 Å². The number of carbonyl (C=O) groups excluding carboxylic acids is 1. The summed E-state index contributed by atoms with van der Waals surface area (Å²) in [6, 6.07) is 7.38. The predicted molar refractivity (Wildman–Crippen MR) is 99.5 cm³/mol. The molecule has 1 aliphatic heterocycles. The molecule has 1 amide bonds. The van der Waals surface area contributed by atoms with E-state index >= 15 is 0 Å². The lowest BCUT2D eigenvalue weighted by atomic mass is 10.2. The monoisotopic (exact) mass is 400 g/mol. The Morgan fingerprint density at radius 3 is 2.52 bits per heavy atom. The molecule has 3 rings (SSSR count). The van der Waals surface area contributed by atoms with Crippen LogP contribution in [0.4, 0.5) is 0 Å². The normalized spacial score (nSPS) is 18.1. The second-order valence-electron chi connectivity index (χ2n) is 6.07. The molecule has 0 unspecified atom stereocenters. The van der Waals surface area contributed by atoms with E-state index in [0.29, 0.717) is 36.9 Å². The molecule has 25 heavy (non-hydrogen) atoms. The predicted octanol–water partition coefficient (Wildman–Crippen LogP) is 0.576. The van der Waals surface area contributed by atoms with Crippen molar-refractivity contribution in [3.63, 3.8) is 0 Å². The summed E-state index contributed by atoms with van der Waals surface area (Å²) in [4.78, 5) is 14.5. The molecule has 2 N–H and O–H groups in total. The van der Waals surface area contributed by atoms with Gasteiger partial charge in [-0.2, -0.15) is 4.31 Å². The van der Waals surface area contributed by atoms with Crippen LogP contribution in [0.2, 0.25) is 0 Å². The summed E-state index contributed by atoms with van der Waals surface area (Å²) in [5, 5.41) is 6.78. The number of sulfonamides is 1. The number of carbonyl (C=O) groups is 1. The largest absolute Gasteiger partial charge is 0.344 e. The molecule has 1 saturated heterocycles. The molecule has 2 aromatic heterocycles. The van der Waals surface area contributed by atoms with Crippen molar-refractivity contribution in [2.24, 2.45) is 0 Å². The van der Waals surface area contributed by atoms with Gasteiger partial charge in [0, 0.05) is 4.88 Å². The van der Waals surface area contributed by atoms with E-state index in [1.54, 1.807) is 28.8 Å². The first kappa shape index (κ1) is 18.5. The van der Waals surface area contributed by atoms with Crippen LogP contribution in [-0.2, 0) is 14.8 Å². The first-order valence-electron chi connectivity index (χ1n) is 8.17. The molecule has 0 radical (unpaired) electrons. The van der Waals surface area contributed by atoms with Gasteiger partial charge in [0.25, 0.3) is 15.9 Å². The number of rotatable bonds is 6. The van der Waals surface area contributed by atoms with Crippen LogP contribution in [-0.4, -0.2) is 51.4 Å². The number of nitrogens with zero attached hydrogens (tertiary/aromatic N) is 1. The number of thiophene rings is 2. The average Bonchev–Trinajstić information content (AvgIpc) is 3.29. The fourth-order valence-corrected chi connectivity index (χ4v) is 6.21. The quantitative estimate of drug-likeness (QED) is 0.745.